The summed E-state index contributed by atoms with van der Waals surface area (Å²) in [6, 6.07) is 14.5. The van der Waals surface area contributed by atoms with E-state index in [1.165, 1.54) is 23.5 Å². The van der Waals surface area contributed by atoms with Gasteiger partial charge >= 0.3 is 0 Å². The van der Waals surface area contributed by atoms with E-state index in [0.29, 0.717) is 33.3 Å². The lowest BCUT2D eigenvalue weighted by atomic mass is 9.97. The van der Waals surface area contributed by atoms with Crippen LogP contribution in [-0.2, 0) is 0 Å². The number of aryl methyl sites for hydroxylation is 1. The molecule has 0 saturated heterocycles. The van der Waals surface area contributed by atoms with Crippen molar-refractivity contribution in [1.29, 1.82) is 0 Å². The van der Waals surface area contributed by atoms with Gasteiger partial charge in [-0.1, -0.05) is 30.3 Å². The number of ether oxygens (including phenoxy) is 1. The Hall–Kier alpha value is -4.33. The molecule has 2 N–H and O–H groups in total. The minimum Gasteiger partial charge on any atom is -0.470 e. The fourth-order valence-corrected chi connectivity index (χ4v) is 6.16. The molecule has 4 aromatic rings. The molecule has 0 bridgehead atoms. The Morgan fingerprint density at radius 1 is 1.10 bits per heavy atom. The number of hydrogen-bond acceptors (Lipinski definition) is 11. The molecule has 3 aromatic carbocycles. The standard InChI is InChI=1S/C26H21N5O6S2/c1-3-27-25-18(24(32)17-10-14(2)4-8-21(17)37-25)13-28-15-5-7-19-23(11-15)39-26(29-19)38-22-9-6-16(30(33)34)12-20(22)31(35)36/h4-13,25,27-28H,3H2,1-2H3/b18-13-. The second-order valence-electron chi connectivity index (χ2n) is 8.56. The predicted octanol–water partition coefficient (Wildman–Crippen LogP) is 6.08. The van der Waals surface area contributed by atoms with Gasteiger partial charge in [0.05, 0.1) is 42.2 Å². The van der Waals surface area contributed by atoms with E-state index in [4.69, 9.17) is 4.74 Å². The van der Waals surface area contributed by atoms with Gasteiger partial charge in [0, 0.05) is 18.0 Å². The average molecular weight is 564 g/mol. The molecule has 0 saturated carbocycles. The van der Waals surface area contributed by atoms with Crippen LogP contribution in [0.15, 0.2) is 75.6 Å². The van der Waals surface area contributed by atoms with E-state index >= 15 is 0 Å². The molecule has 198 valence electrons. The van der Waals surface area contributed by atoms with Crippen molar-refractivity contribution >= 4 is 56.2 Å². The lowest BCUT2D eigenvalue weighted by molar-refractivity contribution is -0.396. The van der Waals surface area contributed by atoms with Crippen molar-refractivity contribution in [2.75, 3.05) is 11.9 Å². The predicted molar refractivity (Wildman–Crippen MR) is 149 cm³/mol. The van der Waals surface area contributed by atoms with Gasteiger partial charge in [-0.25, -0.2) is 4.98 Å². The molecule has 1 unspecified atom stereocenters. The zero-order chi connectivity index (χ0) is 27.7. The van der Waals surface area contributed by atoms with E-state index in [1.807, 2.05) is 38.1 Å². The fourth-order valence-electron chi connectivity index (χ4n) is 4.01. The van der Waals surface area contributed by atoms with Gasteiger partial charge in [0.2, 0.25) is 0 Å². The van der Waals surface area contributed by atoms with Crippen LogP contribution < -0.4 is 15.4 Å². The lowest BCUT2D eigenvalue weighted by Crippen LogP contribution is -2.42. The number of nitro groups is 2. The highest BCUT2D eigenvalue weighted by atomic mass is 32.2. The third-order valence-electron chi connectivity index (χ3n) is 5.87. The van der Waals surface area contributed by atoms with Gasteiger partial charge in [-0.3, -0.25) is 30.3 Å². The zero-order valence-corrected chi connectivity index (χ0v) is 22.3. The van der Waals surface area contributed by atoms with Crippen LogP contribution in [0.3, 0.4) is 0 Å². The number of non-ortho nitro benzene ring substituents is 1. The number of thiazole rings is 1. The van der Waals surface area contributed by atoms with Crippen LogP contribution in [0.5, 0.6) is 5.75 Å². The molecule has 5 rings (SSSR count). The molecule has 13 heteroatoms. The number of ketones is 1. The first-order valence-corrected chi connectivity index (χ1v) is 13.4. The van der Waals surface area contributed by atoms with Gasteiger partial charge in [-0.2, -0.15) is 0 Å². The number of carbonyl (C=O) groups is 1. The maximum Gasteiger partial charge on any atom is 0.290 e. The second-order valence-corrected chi connectivity index (χ2v) is 10.9. The van der Waals surface area contributed by atoms with E-state index in [-0.39, 0.29) is 22.1 Å². The normalized spacial score (nSPS) is 15.7. The number of rotatable bonds is 8. The van der Waals surface area contributed by atoms with Crippen molar-refractivity contribution < 1.29 is 19.4 Å². The molecule has 0 fully saturated rings. The van der Waals surface area contributed by atoms with Crippen LogP contribution in [0, 0.1) is 27.2 Å². The quantitative estimate of drug-likeness (QED) is 0.147. The third kappa shape index (κ3) is 5.46. The number of nitrogens with one attached hydrogen (secondary N) is 2. The van der Waals surface area contributed by atoms with Gasteiger partial charge in [0.1, 0.15) is 5.75 Å². The van der Waals surface area contributed by atoms with Crippen LogP contribution in [-0.4, -0.2) is 33.4 Å². The Balaban J connectivity index is 1.39. The molecule has 0 spiro atoms. The number of fused-ring (bicyclic) bond motifs is 2. The number of Topliss-reactive ketones (excluding diaryl/α,β-unsaturated/α-hetero) is 1. The van der Waals surface area contributed by atoms with Crippen LogP contribution in [0.2, 0.25) is 0 Å². The highest BCUT2D eigenvalue weighted by molar-refractivity contribution is 8.01. The Morgan fingerprint density at radius 3 is 2.67 bits per heavy atom. The number of nitro benzene ring substituents is 2. The monoisotopic (exact) mass is 563 g/mol. The zero-order valence-electron chi connectivity index (χ0n) is 20.7. The first-order chi connectivity index (χ1) is 18.7. The van der Waals surface area contributed by atoms with Crippen LogP contribution in [0.25, 0.3) is 10.2 Å². The van der Waals surface area contributed by atoms with Crippen molar-refractivity contribution in [3.05, 3.63) is 97.7 Å². The summed E-state index contributed by atoms with van der Waals surface area (Å²) in [6.07, 6.45) is 1.04. The van der Waals surface area contributed by atoms with Crippen molar-refractivity contribution in [3.8, 4) is 5.75 Å². The first-order valence-electron chi connectivity index (χ1n) is 11.8. The van der Waals surface area contributed by atoms with Crippen molar-refractivity contribution in [1.82, 2.24) is 10.3 Å². The molecule has 1 atom stereocenters. The summed E-state index contributed by atoms with van der Waals surface area (Å²) in [5, 5.41) is 28.9. The smallest absolute Gasteiger partial charge is 0.290 e. The molecule has 11 nitrogen and oxygen atoms in total. The third-order valence-corrected chi connectivity index (χ3v) is 8.01. The van der Waals surface area contributed by atoms with Gasteiger partial charge in [-0.05, 0) is 49.9 Å². The summed E-state index contributed by atoms with van der Waals surface area (Å²) >= 11 is 2.40. The Bertz CT molecular complexity index is 1670. The Labute approximate surface area is 230 Å². The minimum atomic E-state index is -0.670. The van der Waals surface area contributed by atoms with Crippen molar-refractivity contribution in [2.24, 2.45) is 0 Å². The topological polar surface area (TPSA) is 150 Å². The fraction of sp³-hybridized carbons (Fsp3) is 0.154. The van der Waals surface area contributed by atoms with Gasteiger partial charge in [0.15, 0.2) is 16.4 Å². The van der Waals surface area contributed by atoms with Crippen LogP contribution >= 0.6 is 23.1 Å². The average Bonchev–Trinajstić information content (AvgIpc) is 3.30. The molecule has 39 heavy (non-hydrogen) atoms. The van der Waals surface area contributed by atoms with E-state index in [9.17, 15) is 25.0 Å². The summed E-state index contributed by atoms with van der Waals surface area (Å²) in [4.78, 5) is 39.2. The highest BCUT2D eigenvalue weighted by Gasteiger charge is 2.31. The van der Waals surface area contributed by atoms with Crippen LogP contribution in [0.4, 0.5) is 17.1 Å². The maximum absolute atomic E-state index is 13.3. The Morgan fingerprint density at radius 2 is 1.92 bits per heavy atom. The number of aromatic nitrogens is 1. The molecular formula is C26H21N5O6S2. The molecular weight excluding hydrogens is 542 g/mol. The number of hydrogen-bond donors (Lipinski definition) is 2. The SMILES string of the molecule is CCNC1Oc2ccc(C)cc2C(=O)/C1=C/Nc1ccc2nc(Sc3ccc([N+](=O)[O-])cc3[N+](=O)[O-])sc2c1. The number of benzene rings is 3. The summed E-state index contributed by atoms with van der Waals surface area (Å²) in [6.45, 7) is 4.46. The highest BCUT2D eigenvalue weighted by Crippen LogP contribution is 2.40. The minimum absolute atomic E-state index is 0.124. The number of likely N-dealkylation sites (N-methyl/N-ethyl adjacent to an activating group) is 1. The van der Waals surface area contributed by atoms with E-state index < -0.39 is 16.1 Å². The van der Waals surface area contributed by atoms with Crippen molar-refractivity contribution in [3.63, 3.8) is 0 Å². The number of anilines is 1. The van der Waals surface area contributed by atoms with Crippen LogP contribution in [0.1, 0.15) is 22.8 Å². The van der Waals surface area contributed by atoms with E-state index in [0.717, 1.165) is 33.8 Å². The summed E-state index contributed by atoms with van der Waals surface area (Å²) < 4.78 is 7.41. The maximum atomic E-state index is 13.3. The van der Waals surface area contributed by atoms with Gasteiger partial charge in [-0.15, -0.1) is 11.3 Å². The molecule has 2 heterocycles. The van der Waals surface area contributed by atoms with Crippen molar-refractivity contribution in [2.45, 2.75) is 29.3 Å². The number of carbonyl (C=O) groups excluding carboxylic acids is 1. The largest absolute Gasteiger partial charge is 0.470 e. The summed E-state index contributed by atoms with van der Waals surface area (Å²) in [7, 11) is 0. The molecule has 0 radical (unpaired) electrons. The van der Waals surface area contributed by atoms with E-state index in [2.05, 4.69) is 15.6 Å². The number of nitrogens with zero attached hydrogens (tertiary/aromatic N) is 3. The summed E-state index contributed by atoms with van der Waals surface area (Å²) in [5.74, 6) is 0.415. The first kappa shape index (κ1) is 26.3. The second kappa shape index (κ2) is 10.8. The van der Waals surface area contributed by atoms with Gasteiger partial charge < -0.3 is 10.1 Å². The molecule has 1 aliphatic heterocycles. The molecule has 1 aromatic heterocycles. The molecule has 0 aliphatic carbocycles. The summed E-state index contributed by atoms with van der Waals surface area (Å²) in [5.41, 5.74) is 2.62. The van der Waals surface area contributed by atoms with Gasteiger partial charge in [0.25, 0.3) is 11.4 Å². The molecule has 0 amide bonds. The lowest BCUT2D eigenvalue weighted by Gasteiger charge is -2.28. The Kier molecular flexibility index (Phi) is 7.28. The van der Waals surface area contributed by atoms with E-state index in [1.54, 1.807) is 18.3 Å². The molecule has 1 aliphatic rings.